The van der Waals surface area contributed by atoms with Crippen LogP contribution in [-0.4, -0.2) is 50.6 Å². The minimum absolute atomic E-state index is 0.426. The van der Waals surface area contributed by atoms with Crippen LogP contribution in [0.1, 0.15) is 13.3 Å². The fraction of sp³-hybridized carbons (Fsp3) is 0.889. The normalized spacial score (nSPS) is 20.0. The minimum Gasteiger partial charge on any atom is -0.481 e. The van der Waals surface area contributed by atoms with E-state index in [9.17, 15) is 0 Å². The van der Waals surface area contributed by atoms with Crippen molar-refractivity contribution < 1.29 is 19.4 Å². The summed E-state index contributed by atoms with van der Waals surface area (Å²) in [7, 11) is 1.69. The van der Waals surface area contributed by atoms with Crippen molar-refractivity contribution in [2.24, 2.45) is 0 Å². The molecule has 2 N–H and O–H groups in total. The number of hydrogen-bond acceptors (Lipinski definition) is 4. The number of nitrogens with one attached hydrogen (secondary N) is 1. The van der Waals surface area contributed by atoms with E-state index < -0.39 is 5.97 Å². The molecule has 0 saturated carbocycles. The van der Waals surface area contributed by atoms with E-state index in [1.54, 1.807) is 7.11 Å². The monoisotopic (exact) mass is 205 g/mol. The fourth-order valence-corrected chi connectivity index (χ4v) is 1.07. The van der Waals surface area contributed by atoms with E-state index in [4.69, 9.17) is 19.4 Å². The minimum atomic E-state index is -0.833. The van der Waals surface area contributed by atoms with Gasteiger partial charge in [0.1, 0.15) is 0 Å². The lowest BCUT2D eigenvalue weighted by atomic mass is 10.3. The molecule has 5 heteroatoms. The van der Waals surface area contributed by atoms with Gasteiger partial charge in [-0.1, -0.05) is 0 Å². The Morgan fingerprint density at radius 2 is 2.21 bits per heavy atom. The van der Waals surface area contributed by atoms with Crippen molar-refractivity contribution in [1.82, 2.24) is 5.32 Å². The van der Waals surface area contributed by atoms with Crippen molar-refractivity contribution in [2.75, 3.05) is 33.4 Å². The Balaban J connectivity index is 0.000000364. The molecule has 0 aromatic heterocycles. The molecule has 0 bridgehead atoms. The van der Waals surface area contributed by atoms with Crippen LogP contribution in [0.4, 0.5) is 0 Å². The first-order valence-electron chi connectivity index (χ1n) is 4.67. The molecule has 1 fully saturated rings. The van der Waals surface area contributed by atoms with Crippen molar-refractivity contribution in [3.05, 3.63) is 0 Å². The molecular formula is C9H19NO4. The molecule has 84 valence electrons. The molecular weight excluding hydrogens is 186 g/mol. The molecule has 0 aliphatic carbocycles. The molecule has 1 heterocycles. The van der Waals surface area contributed by atoms with Gasteiger partial charge in [0.2, 0.25) is 0 Å². The average Bonchev–Trinajstić information content (AvgIpc) is 2.56. The number of hydrogen-bond donors (Lipinski definition) is 2. The summed E-state index contributed by atoms with van der Waals surface area (Å²) in [6.45, 7) is 4.61. The molecule has 0 spiro atoms. The van der Waals surface area contributed by atoms with E-state index in [1.165, 1.54) is 0 Å². The first-order chi connectivity index (χ1) is 6.66. The standard InChI is InChI=1S/C7H15NO2.C2H4O2/c1-9-4-5-10-7-2-3-8-6-7;1-2(3)4/h7-8H,2-6H2,1H3;1H3,(H,3,4). The zero-order chi connectivity index (χ0) is 10.8. The maximum Gasteiger partial charge on any atom is 0.300 e. The van der Waals surface area contributed by atoms with Gasteiger partial charge in [0.15, 0.2) is 0 Å². The van der Waals surface area contributed by atoms with Gasteiger partial charge in [-0.3, -0.25) is 4.79 Å². The number of aliphatic carboxylic acids is 1. The van der Waals surface area contributed by atoms with Crippen LogP contribution in [0.2, 0.25) is 0 Å². The predicted octanol–water partition coefficient (Wildman–Crippen LogP) is 0.102. The number of rotatable bonds is 4. The van der Waals surface area contributed by atoms with Crippen LogP contribution in [0.3, 0.4) is 0 Å². The van der Waals surface area contributed by atoms with Crippen LogP contribution in [0, 0.1) is 0 Å². The summed E-state index contributed by atoms with van der Waals surface area (Å²) in [4.78, 5) is 9.00. The highest BCUT2D eigenvalue weighted by Crippen LogP contribution is 2.01. The molecule has 0 aromatic rings. The molecule has 14 heavy (non-hydrogen) atoms. The molecule has 0 aromatic carbocycles. The molecule has 1 rings (SSSR count). The van der Waals surface area contributed by atoms with Crippen LogP contribution < -0.4 is 5.32 Å². The third-order valence-electron chi connectivity index (χ3n) is 1.66. The van der Waals surface area contributed by atoms with Gasteiger partial charge in [-0.05, 0) is 13.0 Å². The third kappa shape index (κ3) is 9.44. The first-order valence-corrected chi connectivity index (χ1v) is 4.67. The van der Waals surface area contributed by atoms with E-state index in [0.717, 1.165) is 33.0 Å². The fourth-order valence-electron chi connectivity index (χ4n) is 1.07. The van der Waals surface area contributed by atoms with Gasteiger partial charge in [0.25, 0.3) is 5.97 Å². The summed E-state index contributed by atoms with van der Waals surface area (Å²) in [5.74, 6) is -0.833. The lowest BCUT2D eigenvalue weighted by Gasteiger charge is -2.08. The quantitative estimate of drug-likeness (QED) is 0.637. The van der Waals surface area contributed by atoms with E-state index >= 15 is 0 Å². The van der Waals surface area contributed by atoms with Crippen molar-refractivity contribution in [3.63, 3.8) is 0 Å². The van der Waals surface area contributed by atoms with Gasteiger partial charge < -0.3 is 19.9 Å². The van der Waals surface area contributed by atoms with Gasteiger partial charge in [-0.2, -0.15) is 0 Å². The SMILES string of the molecule is CC(=O)O.COCCOC1CCNC1. The van der Waals surface area contributed by atoms with Crippen LogP contribution in [-0.2, 0) is 14.3 Å². The number of ether oxygens (including phenoxy) is 2. The van der Waals surface area contributed by atoms with Crippen molar-refractivity contribution in [1.29, 1.82) is 0 Å². The van der Waals surface area contributed by atoms with E-state index in [1.807, 2.05) is 0 Å². The zero-order valence-corrected chi connectivity index (χ0v) is 8.78. The Morgan fingerprint density at radius 3 is 2.64 bits per heavy atom. The third-order valence-corrected chi connectivity index (χ3v) is 1.66. The highest BCUT2D eigenvalue weighted by Gasteiger charge is 2.13. The molecule has 1 aliphatic rings. The van der Waals surface area contributed by atoms with Gasteiger partial charge in [-0.25, -0.2) is 0 Å². The topological polar surface area (TPSA) is 67.8 Å². The number of carboxylic acids is 1. The lowest BCUT2D eigenvalue weighted by Crippen LogP contribution is -2.18. The van der Waals surface area contributed by atoms with Crippen molar-refractivity contribution >= 4 is 5.97 Å². The van der Waals surface area contributed by atoms with Crippen LogP contribution >= 0.6 is 0 Å². The molecule has 1 unspecified atom stereocenters. The largest absolute Gasteiger partial charge is 0.481 e. The Morgan fingerprint density at radius 1 is 1.57 bits per heavy atom. The summed E-state index contributed by atoms with van der Waals surface area (Å²) in [6.07, 6.45) is 1.57. The highest BCUT2D eigenvalue weighted by atomic mass is 16.5. The average molecular weight is 205 g/mol. The molecule has 1 atom stereocenters. The number of carbonyl (C=O) groups is 1. The first kappa shape index (κ1) is 13.4. The highest BCUT2D eigenvalue weighted by molar-refractivity contribution is 5.62. The van der Waals surface area contributed by atoms with Gasteiger partial charge >= 0.3 is 0 Å². The second-order valence-electron chi connectivity index (χ2n) is 3.00. The van der Waals surface area contributed by atoms with Gasteiger partial charge in [-0.15, -0.1) is 0 Å². The Kier molecular flexibility index (Phi) is 8.51. The predicted molar refractivity (Wildman–Crippen MR) is 52.4 cm³/mol. The molecule has 5 nitrogen and oxygen atoms in total. The Bertz CT molecular complexity index is 142. The van der Waals surface area contributed by atoms with Crippen LogP contribution in [0.25, 0.3) is 0 Å². The second kappa shape index (κ2) is 8.93. The molecule has 0 amide bonds. The van der Waals surface area contributed by atoms with E-state index in [2.05, 4.69) is 5.32 Å². The summed E-state index contributed by atoms with van der Waals surface area (Å²) in [6, 6.07) is 0. The number of methoxy groups -OCH3 is 1. The van der Waals surface area contributed by atoms with E-state index in [-0.39, 0.29) is 0 Å². The van der Waals surface area contributed by atoms with Crippen molar-refractivity contribution in [3.8, 4) is 0 Å². The second-order valence-corrected chi connectivity index (χ2v) is 3.00. The summed E-state index contributed by atoms with van der Waals surface area (Å²) >= 11 is 0. The summed E-state index contributed by atoms with van der Waals surface area (Å²) in [5, 5.41) is 10.7. The smallest absolute Gasteiger partial charge is 0.300 e. The zero-order valence-electron chi connectivity index (χ0n) is 8.78. The Hall–Kier alpha value is -0.650. The van der Waals surface area contributed by atoms with Crippen LogP contribution in [0.15, 0.2) is 0 Å². The number of carboxylic acid groups (broad SMARTS) is 1. The van der Waals surface area contributed by atoms with Crippen molar-refractivity contribution in [2.45, 2.75) is 19.4 Å². The molecule has 0 radical (unpaired) electrons. The summed E-state index contributed by atoms with van der Waals surface area (Å²) < 4.78 is 10.3. The Labute approximate surface area is 84.4 Å². The van der Waals surface area contributed by atoms with Crippen LogP contribution in [0.5, 0.6) is 0 Å². The summed E-state index contributed by atoms with van der Waals surface area (Å²) in [5.41, 5.74) is 0. The molecule has 1 aliphatic heterocycles. The maximum atomic E-state index is 9.00. The van der Waals surface area contributed by atoms with Gasteiger partial charge in [0.05, 0.1) is 19.3 Å². The maximum absolute atomic E-state index is 9.00. The lowest BCUT2D eigenvalue weighted by molar-refractivity contribution is -0.134. The van der Waals surface area contributed by atoms with Gasteiger partial charge in [0, 0.05) is 20.6 Å². The van der Waals surface area contributed by atoms with E-state index in [0.29, 0.717) is 12.7 Å². The molecule has 1 saturated heterocycles.